The van der Waals surface area contributed by atoms with Crippen molar-refractivity contribution in [1.82, 2.24) is 20.1 Å². The fraction of sp³-hybridized carbons (Fsp3) is 0.500. The third-order valence-corrected chi connectivity index (χ3v) is 3.51. The lowest BCUT2D eigenvalue weighted by atomic mass is 10.0. The minimum Gasteiger partial charge on any atom is -0.485 e. The van der Waals surface area contributed by atoms with Gasteiger partial charge in [0.25, 0.3) is 0 Å². The summed E-state index contributed by atoms with van der Waals surface area (Å²) >= 11 is 0. The first kappa shape index (κ1) is 15.5. The van der Waals surface area contributed by atoms with E-state index in [0.717, 1.165) is 31.0 Å². The zero-order valence-corrected chi connectivity index (χ0v) is 13.0. The second-order valence-corrected chi connectivity index (χ2v) is 5.10. The summed E-state index contributed by atoms with van der Waals surface area (Å²) < 4.78 is 7.83. The predicted molar refractivity (Wildman–Crippen MR) is 83.1 cm³/mol. The Morgan fingerprint density at radius 2 is 2.10 bits per heavy atom. The van der Waals surface area contributed by atoms with Gasteiger partial charge in [0.2, 0.25) is 0 Å². The Bertz CT molecular complexity index is 553. The fourth-order valence-corrected chi connectivity index (χ4v) is 2.27. The smallest absolute Gasteiger partial charge is 0.170 e. The Morgan fingerprint density at radius 1 is 1.29 bits per heavy atom. The van der Waals surface area contributed by atoms with Crippen LogP contribution in [0.2, 0.25) is 0 Å². The molecule has 1 unspecified atom stereocenters. The van der Waals surface area contributed by atoms with Crippen LogP contribution in [0, 0.1) is 0 Å². The molecule has 2 rings (SSSR count). The molecule has 0 aliphatic heterocycles. The predicted octanol–water partition coefficient (Wildman–Crippen LogP) is 2.84. The van der Waals surface area contributed by atoms with Gasteiger partial charge in [-0.05, 0) is 25.5 Å². The number of hydrogen-bond acceptors (Lipinski definition) is 4. The van der Waals surface area contributed by atoms with E-state index < -0.39 is 0 Å². The molecule has 0 fully saturated rings. The molecule has 0 radical (unpaired) electrons. The van der Waals surface area contributed by atoms with Crippen molar-refractivity contribution in [3.05, 3.63) is 42.0 Å². The number of hydrogen-bond donors (Lipinski definition) is 1. The van der Waals surface area contributed by atoms with E-state index in [1.807, 2.05) is 23.7 Å². The number of rotatable bonds is 8. The lowest BCUT2D eigenvalue weighted by molar-refractivity contribution is 0.284. The van der Waals surface area contributed by atoms with Gasteiger partial charge in [-0.15, -0.1) is 10.2 Å². The maximum atomic E-state index is 5.96. The topological polar surface area (TPSA) is 52.0 Å². The average molecular weight is 288 g/mol. The van der Waals surface area contributed by atoms with Crippen LogP contribution in [0.15, 0.2) is 30.6 Å². The Labute approximate surface area is 126 Å². The highest BCUT2D eigenvalue weighted by molar-refractivity contribution is 5.36. The van der Waals surface area contributed by atoms with E-state index in [-0.39, 0.29) is 0 Å². The largest absolute Gasteiger partial charge is 0.485 e. The van der Waals surface area contributed by atoms with Crippen LogP contribution in [-0.2, 0) is 13.7 Å². The molecular formula is C16H24N4O. The first-order valence-corrected chi connectivity index (χ1v) is 7.54. The Kier molecular flexibility index (Phi) is 5.75. The lowest BCUT2D eigenvalue weighted by Crippen LogP contribution is -2.22. The molecule has 0 amide bonds. The molecule has 0 bridgehead atoms. The van der Waals surface area contributed by atoms with Crippen LogP contribution in [0.5, 0.6) is 5.75 Å². The van der Waals surface area contributed by atoms with Crippen molar-refractivity contribution in [3.63, 3.8) is 0 Å². The first-order chi connectivity index (χ1) is 10.3. The summed E-state index contributed by atoms with van der Waals surface area (Å²) in [5.74, 6) is 1.73. The van der Waals surface area contributed by atoms with E-state index in [1.165, 1.54) is 5.56 Å². The van der Waals surface area contributed by atoms with Crippen LogP contribution in [0.25, 0.3) is 0 Å². The fourth-order valence-electron chi connectivity index (χ4n) is 2.27. The van der Waals surface area contributed by atoms with Gasteiger partial charge < -0.3 is 14.6 Å². The van der Waals surface area contributed by atoms with Gasteiger partial charge in [-0.3, -0.25) is 0 Å². The van der Waals surface area contributed by atoms with Crippen molar-refractivity contribution in [3.8, 4) is 5.75 Å². The summed E-state index contributed by atoms with van der Waals surface area (Å²) in [6, 6.07) is 8.52. The molecule has 1 atom stereocenters. The summed E-state index contributed by atoms with van der Waals surface area (Å²) in [6.45, 7) is 5.80. The summed E-state index contributed by atoms with van der Waals surface area (Å²) in [5.41, 5.74) is 1.20. The van der Waals surface area contributed by atoms with Gasteiger partial charge in [-0.2, -0.15) is 0 Å². The molecule has 0 saturated heterocycles. The molecule has 0 saturated carbocycles. The highest BCUT2D eigenvalue weighted by Gasteiger charge is 2.14. The average Bonchev–Trinajstić information content (AvgIpc) is 2.92. The Balaban J connectivity index is 2.10. The first-order valence-electron chi connectivity index (χ1n) is 7.54. The molecule has 2 aromatic rings. The van der Waals surface area contributed by atoms with Gasteiger partial charge in [0.15, 0.2) is 5.82 Å². The molecule has 5 heteroatoms. The van der Waals surface area contributed by atoms with E-state index in [0.29, 0.717) is 12.6 Å². The zero-order chi connectivity index (χ0) is 15.1. The molecule has 5 nitrogen and oxygen atoms in total. The molecular weight excluding hydrogens is 264 g/mol. The molecule has 0 aliphatic rings. The highest BCUT2D eigenvalue weighted by Crippen LogP contribution is 2.27. The van der Waals surface area contributed by atoms with Gasteiger partial charge in [-0.1, -0.05) is 32.0 Å². The zero-order valence-electron chi connectivity index (χ0n) is 13.0. The third-order valence-electron chi connectivity index (χ3n) is 3.51. The number of benzene rings is 1. The van der Waals surface area contributed by atoms with Crippen LogP contribution >= 0.6 is 0 Å². The lowest BCUT2D eigenvalue weighted by Gasteiger charge is -2.20. The van der Waals surface area contributed by atoms with Crippen LogP contribution in [0.4, 0.5) is 0 Å². The number of aryl methyl sites for hydroxylation is 1. The molecule has 0 aliphatic carbocycles. The normalized spacial score (nSPS) is 12.3. The summed E-state index contributed by atoms with van der Waals surface area (Å²) in [4.78, 5) is 0. The summed E-state index contributed by atoms with van der Waals surface area (Å²) in [7, 11) is 1.92. The van der Waals surface area contributed by atoms with Crippen molar-refractivity contribution in [2.45, 2.75) is 39.3 Å². The van der Waals surface area contributed by atoms with Crippen molar-refractivity contribution < 1.29 is 4.74 Å². The Morgan fingerprint density at radius 3 is 2.76 bits per heavy atom. The van der Waals surface area contributed by atoms with Crippen molar-refractivity contribution in [1.29, 1.82) is 0 Å². The standard InChI is InChI=1S/C16H24N4O/c1-4-10-17-14(5-2)13-8-6-7-9-15(13)21-11-16-19-18-12-20(16)3/h6-9,12,14,17H,4-5,10-11H2,1-3H3. The highest BCUT2D eigenvalue weighted by atomic mass is 16.5. The number of nitrogens with one attached hydrogen (secondary N) is 1. The minimum absolute atomic E-state index is 0.320. The number of nitrogens with zero attached hydrogens (tertiary/aromatic N) is 3. The van der Waals surface area contributed by atoms with Crippen LogP contribution in [0.3, 0.4) is 0 Å². The molecule has 1 heterocycles. The quantitative estimate of drug-likeness (QED) is 0.811. The van der Waals surface area contributed by atoms with Gasteiger partial charge in [-0.25, -0.2) is 0 Å². The summed E-state index contributed by atoms with van der Waals surface area (Å²) in [5, 5.41) is 11.5. The van der Waals surface area contributed by atoms with E-state index >= 15 is 0 Å². The second kappa shape index (κ2) is 7.78. The van der Waals surface area contributed by atoms with E-state index in [2.05, 4.69) is 41.5 Å². The van der Waals surface area contributed by atoms with Crippen molar-refractivity contribution in [2.24, 2.45) is 7.05 Å². The summed E-state index contributed by atoms with van der Waals surface area (Å²) in [6.07, 6.45) is 3.84. The molecule has 114 valence electrons. The van der Waals surface area contributed by atoms with Crippen molar-refractivity contribution >= 4 is 0 Å². The molecule has 1 aromatic heterocycles. The molecule has 0 spiro atoms. The molecule has 1 N–H and O–H groups in total. The van der Waals surface area contributed by atoms with Gasteiger partial charge >= 0.3 is 0 Å². The van der Waals surface area contributed by atoms with Crippen molar-refractivity contribution in [2.75, 3.05) is 6.54 Å². The maximum Gasteiger partial charge on any atom is 0.170 e. The SMILES string of the molecule is CCCNC(CC)c1ccccc1OCc1nncn1C. The van der Waals surface area contributed by atoms with Gasteiger partial charge in [0.05, 0.1) is 0 Å². The maximum absolute atomic E-state index is 5.96. The van der Waals surface area contributed by atoms with Gasteiger partial charge in [0.1, 0.15) is 18.7 Å². The van der Waals surface area contributed by atoms with Crippen LogP contribution < -0.4 is 10.1 Å². The number of aromatic nitrogens is 3. The van der Waals surface area contributed by atoms with Gasteiger partial charge in [0, 0.05) is 18.7 Å². The van der Waals surface area contributed by atoms with Crippen LogP contribution in [-0.4, -0.2) is 21.3 Å². The minimum atomic E-state index is 0.320. The second-order valence-electron chi connectivity index (χ2n) is 5.10. The third kappa shape index (κ3) is 4.04. The monoisotopic (exact) mass is 288 g/mol. The Hall–Kier alpha value is -1.88. The van der Waals surface area contributed by atoms with E-state index in [1.54, 1.807) is 6.33 Å². The van der Waals surface area contributed by atoms with Crippen LogP contribution in [0.1, 0.15) is 44.1 Å². The molecule has 21 heavy (non-hydrogen) atoms. The number of para-hydroxylation sites is 1. The number of ether oxygens (including phenoxy) is 1. The molecule has 1 aromatic carbocycles. The van der Waals surface area contributed by atoms with E-state index in [4.69, 9.17) is 4.74 Å². The van der Waals surface area contributed by atoms with E-state index in [9.17, 15) is 0 Å².